The number of hydrogen-bond donors (Lipinski definition) is 4. The Balaban J connectivity index is 3.84. The number of nitrogens with one attached hydrogen (secondary N) is 1. The molecule has 88 valence electrons. The lowest BCUT2D eigenvalue weighted by Crippen LogP contribution is -2.39. The highest BCUT2D eigenvalue weighted by Crippen LogP contribution is 2.32. The van der Waals surface area contributed by atoms with E-state index in [1.807, 2.05) is 0 Å². The third-order valence-electron chi connectivity index (χ3n) is 1.25. The second-order valence-corrected chi connectivity index (χ2v) is 5.40. The van der Waals surface area contributed by atoms with Crippen LogP contribution in [0.5, 0.6) is 0 Å². The highest BCUT2D eigenvalue weighted by atomic mass is 31.2. The first-order valence-electron chi connectivity index (χ1n) is 3.93. The lowest BCUT2D eigenvalue weighted by molar-refractivity contribution is -0.172. The molecule has 0 aliphatic heterocycles. The van der Waals surface area contributed by atoms with E-state index in [1.165, 1.54) is 0 Å². The van der Waals surface area contributed by atoms with Gasteiger partial charge in [-0.2, -0.15) is 0 Å². The molecule has 1 atom stereocenters. The molecule has 0 bridgehead atoms. The Hall–Kier alpha value is -0.950. The Morgan fingerprint density at radius 1 is 1.47 bits per heavy atom. The molecule has 0 heterocycles. The monoisotopic (exact) mass is 240 g/mol. The Labute approximate surface area is 85.9 Å². The lowest BCUT2D eigenvalue weighted by atomic mass is 10.5. The van der Waals surface area contributed by atoms with E-state index in [9.17, 15) is 14.2 Å². The molecule has 0 aromatic rings. The molecule has 0 fully saturated rings. The molecule has 15 heavy (non-hydrogen) atoms. The molecule has 9 heteroatoms. The summed E-state index contributed by atoms with van der Waals surface area (Å²) in [6, 6.07) is 0. The van der Waals surface area contributed by atoms with Gasteiger partial charge in [-0.05, 0) is 0 Å². The van der Waals surface area contributed by atoms with Crippen molar-refractivity contribution in [2.45, 2.75) is 0 Å². The van der Waals surface area contributed by atoms with Gasteiger partial charge in [0.05, 0.1) is 12.8 Å². The summed E-state index contributed by atoms with van der Waals surface area (Å²) in [5.74, 6) is -2.24. The van der Waals surface area contributed by atoms with Gasteiger partial charge in [0, 0.05) is 6.66 Å². The second kappa shape index (κ2) is 5.82. The summed E-state index contributed by atoms with van der Waals surface area (Å²) in [5.41, 5.74) is 0. The first-order valence-corrected chi connectivity index (χ1v) is 6.22. The van der Waals surface area contributed by atoms with Gasteiger partial charge in [-0.15, -0.1) is 0 Å². The molecule has 0 saturated heterocycles. The number of hydroxylamine groups is 2. The van der Waals surface area contributed by atoms with Crippen molar-refractivity contribution in [2.75, 3.05) is 26.0 Å². The molecule has 0 aromatic heterocycles. The van der Waals surface area contributed by atoms with E-state index in [2.05, 4.69) is 5.32 Å². The summed E-state index contributed by atoms with van der Waals surface area (Å²) < 4.78 is 10.8. The van der Waals surface area contributed by atoms with Crippen LogP contribution in [0.3, 0.4) is 0 Å². The van der Waals surface area contributed by atoms with Gasteiger partial charge in [-0.3, -0.25) is 24.7 Å². The minimum absolute atomic E-state index is 0.0211. The molecule has 0 radical (unpaired) electrons. The molecule has 0 aliphatic rings. The van der Waals surface area contributed by atoms with Crippen LogP contribution in [0.15, 0.2) is 0 Å². The molecule has 1 amide bonds. The van der Waals surface area contributed by atoms with Crippen molar-refractivity contribution < 1.29 is 29.4 Å². The van der Waals surface area contributed by atoms with Crippen LogP contribution in [0.2, 0.25) is 0 Å². The van der Waals surface area contributed by atoms with E-state index >= 15 is 0 Å². The van der Waals surface area contributed by atoms with Crippen molar-refractivity contribution in [1.29, 1.82) is 0 Å². The van der Waals surface area contributed by atoms with Crippen molar-refractivity contribution >= 4 is 19.2 Å². The zero-order valence-electron chi connectivity index (χ0n) is 8.08. The smallest absolute Gasteiger partial charge is 0.325 e. The molecule has 0 aliphatic carbocycles. The van der Waals surface area contributed by atoms with Crippen LogP contribution in [-0.4, -0.2) is 58.2 Å². The van der Waals surface area contributed by atoms with E-state index in [-0.39, 0.29) is 11.3 Å². The molecular formula is C6H13N2O6P. The average molecular weight is 240 g/mol. The summed E-state index contributed by atoms with van der Waals surface area (Å²) in [6.07, 6.45) is -0.278. The normalized spacial score (nSPS) is 14.3. The first-order chi connectivity index (χ1) is 6.72. The maximum Gasteiger partial charge on any atom is 0.325 e. The molecule has 0 saturated carbocycles. The van der Waals surface area contributed by atoms with Crippen molar-refractivity contribution in [3.63, 3.8) is 0 Å². The van der Waals surface area contributed by atoms with E-state index in [4.69, 9.17) is 15.2 Å². The van der Waals surface area contributed by atoms with Crippen LogP contribution in [0, 0.1) is 0 Å². The van der Waals surface area contributed by atoms with Crippen LogP contribution in [0.1, 0.15) is 0 Å². The SMILES string of the molecule is CP(=O)(O)CNCC(=O)N(O)CC(=O)O. The van der Waals surface area contributed by atoms with Crippen LogP contribution < -0.4 is 5.32 Å². The average Bonchev–Trinajstić information content (AvgIpc) is 2.00. The van der Waals surface area contributed by atoms with E-state index in [1.54, 1.807) is 0 Å². The number of carboxylic acids is 1. The van der Waals surface area contributed by atoms with Gasteiger partial charge in [0.25, 0.3) is 5.91 Å². The van der Waals surface area contributed by atoms with Crippen LogP contribution in [0.4, 0.5) is 0 Å². The van der Waals surface area contributed by atoms with Crippen LogP contribution in [0.25, 0.3) is 0 Å². The number of nitrogens with zero attached hydrogens (tertiary/aromatic N) is 1. The quantitative estimate of drug-likeness (QED) is 0.259. The van der Waals surface area contributed by atoms with Crippen LogP contribution in [-0.2, 0) is 14.2 Å². The third kappa shape index (κ3) is 8.07. The fraction of sp³-hybridized carbons (Fsp3) is 0.667. The second-order valence-electron chi connectivity index (χ2n) is 2.98. The number of rotatable bonds is 6. The van der Waals surface area contributed by atoms with Gasteiger partial charge in [0.1, 0.15) is 6.54 Å². The third-order valence-corrected chi connectivity index (χ3v) is 2.06. The number of amides is 1. The Morgan fingerprint density at radius 3 is 2.40 bits per heavy atom. The Bertz CT molecular complexity index is 287. The van der Waals surface area contributed by atoms with Crippen LogP contribution >= 0.6 is 7.37 Å². The standard InChI is InChI=1S/C6H13N2O6P/c1-15(13,14)4-7-2-5(9)8(12)3-6(10)11/h7,12H,2-4H2,1H3,(H,10,11)(H,13,14). The number of carboxylic acid groups (broad SMARTS) is 1. The summed E-state index contributed by atoms with van der Waals surface area (Å²) in [4.78, 5) is 29.9. The number of hydrogen-bond acceptors (Lipinski definition) is 5. The maximum absolute atomic E-state index is 10.9. The molecule has 1 unspecified atom stereocenters. The van der Waals surface area contributed by atoms with Gasteiger partial charge in [-0.1, -0.05) is 0 Å². The summed E-state index contributed by atoms with van der Waals surface area (Å²) in [5, 5.41) is 19.4. The highest BCUT2D eigenvalue weighted by Gasteiger charge is 2.15. The number of carbonyl (C=O) groups is 2. The topological polar surface area (TPSA) is 127 Å². The summed E-state index contributed by atoms with van der Waals surface area (Å²) in [6.45, 7) is -0.121. The molecule has 8 nitrogen and oxygen atoms in total. The minimum Gasteiger partial charge on any atom is -0.480 e. The number of aliphatic carboxylic acids is 1. The molecule has 4 N–H and O–H groups in total. The zero-order chi connectivity index (χ0) is 12.1. The maximum atomic E-state index is 10.9. The zero-order valence-corrected chi connectivity index (χ0v) is 8.98. The number of carbonyl (C=O) groups excluding carboxylic acids is 1. The molecule has 0 aromatic carbocycles. The molecule has 0 spiro atoms. The largest absolute Gasteiger partial charge is 0.480 e. The van der Waals surface area contributed by atoms with Crippen molar-refractivity contribution in [3.8, 4) is 0 Å². The van der Waals surface area contributed by atoms with E-state index in [0.29, 0.717) is 0 Å². The Kier molecular flexibility index (Phi) is 5.45. The molecular weight excluding hydrogens is 227 g/mol. The predicted octanol–water partition coefficient (Wildman–Crippen LogP) is -1.26. The first kappa shape index (κ1) is 14.1. The highest BCUT2D eigenvalue weighted by molar-refractivity contribution is 7.57. The van der Waals surface area contributed by atoms with Gasteiger partial charge in [0.15, 0.2) is 0 Å². The minimum atomic E-state index is -3.26. The van der Waals surface area contributed by atoms with E-state index < -0.39 is 32.3 Å². The van der Waals surface area contributed by atoms with Gasteiger partial charge < -0.3 is 10.00 Å². The van der Waals surface area contributed by atoms with E-state index in [0.717, 1.165) is 6.66 Å². The van der Waals surface area contributed by atoms with Crippen molar-refractivity contribution in [2.24, 2.45) is 0 Å². The summed E-state index contributed by atoms with van der Waals surface area (Å²) in [7, 11) is -3.26. The lowest BCUT2D eigenvalue weighted by Gasteiger charge is -2.13. The summed E-state index contributed by atoms with van der Waals surface area (Å²) >= 11 is 0. The van der Waals surface area contributed by atoms with Gasteiger partial charge in [-0.25, -0.2) is 5.06 Å². The molecule has 0 rings (SSSR count). The van der Waals surface area contributed by atoms with Gasteiger partial charge >= 0.3 is 5.97 Å². The Morgan fingerprint density at radius 2 is 2.00 bits per heavy atom. The van der Waals surface area contributed by atoms with Crippen molar-refractivity contribution in [1.82, 2.24) is 10.4 Å². The van der Waals surface area contributed by atoms with Crippen molar-refractivity contribution in [3.05, 3.63) is 0 Å². The fourth-order valence-corrected chi connectivity index (χ4v) is 1.20. The van der Waals surface area contributed by atoms with Gasteiger partial charge in [0.2, 0.25) is 7.37 Å². The predicted molar refractivity (Wildman–Crippen MR) is 49.8 cm³/mol. The fourth-order valence-electron chi connectivity index (χ4n) is 0.678.